The molecule has 2 nitrogen and oxygen atoms in total. The number of rotatable bonds is 0. The van der Waals surface area contributed by atoms with Crippen molar-refractivity contribution in [3.63, 3.8) is 0 Å². The molecule has 0 amide bonds. The first kappa shape index (κ1) is 14.0. The van der Waals surface area contributed by atoms with Gasteiger partial charge in [0.1, 0.15) is 0 Å². The number of hydrogen-bond acceptors (Lipinski definition) is 1. The Morgan fingerprint density at radius 2 is 1.43 bits per heavy atom. The van der Waals surface area contributed by atoms with Crippen molar-refractivity contribution in [3.8, 4) is 0 Å². The summed E-state index contributed by atoms with van der Waals surface area (Å²) in [7, 11) is 0. The van der Waals surface area contributed by atoms with E-state index in [1.165, 1.54) is 5.56 Å². The highest BCUT2D eigenvalue weighted by Gasteiger charge is 2.15. The van der Waals surface area contributed by atoms with E-state index in [0.717, 1.165) is 32.6 Å². The summed E-state index contributed by atoms with van der Waals surface area (Å²) in [6.07, 6.45) is 0. The van der Waals surface area contributed by atoms with Gasteiger partial charge in [-0.25, -0.2) is 0 Å². The van der Waals surface area contributed by atoms with Crippen LogP contribution in [0, 0.1) is 0 Å². The van der Waals surface area contributed by atoms with Crippen molar-refractivity contribution in [1.82, 2.24) is 4.98 Å². The molecule has 0 unspecified atom stereocenters. The molecule has 4 rings (SSSR count). The predicted molar refractivity (Wildman–Crippen MR) is 98.3 cm³/mol. The number of aromatic amines is 1. The Labute approximate surface area is 134 Å². The van der Waals surface area contributed by atoms with Gasteiger partial charge in [0.2, 0.25) is 0 Å². The summed E-state index contributed by atoms with van der Waals surface area (Å²) in [5, 5.41) is 3.75. The molecule has 1 aromatic heterocycles. The quantitative estimate of drug-likeness (QED) is 0.449. The summed E-state index contributed by atoms with van der Waals surface area (Å²) >= 11 is 0. The van der Waals surface area contributed by atoms with Gasteiger partial charge in [0, 0.05) is 16.3 Å². The molecule has 0 aliphatic carbocycles. The minimum Gasteiger partial charge on any atom is -0.354 e. The molecule has 23 heavy (non-hydrogen) atoms. The van der Waals surface area contributed by atoms with Gasteiger partial charge in [-0.05, 0) is 46.0 Å². The predicted octanol–water partition coefficient (Wildman–Crippen LogP) is 5.13. The number of aromatic nitrogens is 1. The van der Waals surface area contributed by atoms with Crippen LogP contribution in [0.5, 0.6) is 0 Å². The lowest BCUT2D eigenvalue weighted by atomic mass is 9.86. The molecule has 1 N–H and O–H groups in total. The van der Waals surface area contributed by atoms with Crippen LogP contribution in [0.3, 0.4) is 0 Å². The number of hydrogen-bond donors (Lipinski definition) is 1. The maximum atomic E-state index is 13.0. The average Bonchev–Trinajstić information content (AvgIpc) is 2.52. The highest BCUT2D eigenvalue weighted by atomic mass is 16.1. The molecule has 0 bridgehead atoms. The Hall–Kier alpha value is -2.61. The topological polar surface area (TPSA) is 32.9 Å². The van der Waals surface area contributed by atoms with Crippen molar-refractivity contribution in [2.45, 2.75) is 26.2 Å². The zero-order chi connectivity index (χ0) is 16.2. The summed E-state index contributed by atoms with van der Waals surface area (Å²) in [5.74, 6) is 0. The van der Waals surface area contributed by atoms with Gasteiger partial charge >= 0.3 is 0 Å². The Balaban J connectivity index is 2.13. The zero-order valence-electron chi connectivity index (χ0n) is 13.6. The van der Waals surface area contributed by atoms with Crippen LogP contribution in [0.1, 0.15) is 26.3 Å². The fourth-order valence-corrected chi connectivity index (χ4v) is 3.13. The second kappa shape index (κ2) is 4.69. The van der Waals surface area contributed by atoms with E-state index in [4.69, 9.17) is 0 Å². The first-order valence-electron chi connectivity index (χ1n) is 7.92. The van der Waals surface area contributed by atoms with Crippen molar-refractivity contribution >= 4 is 32.6 Å². The van der Waals surface area contributed by atoms with Gasteiger partial charge in [0.25, 0.3) is 0 Å². The fraction of sp³-hybridized carbons (Fsp3) is 0.190. The largest absolute Gasteiger partial charge is 0.354 e. The molecule has 0 radical (unpaired) electrons. The van der Waals surface area contributed by atoms with Gasteiger partial charge in [-0.2, -0.15) is 0 Å². The summed E-state index contributed by atoms with van der Waals surface area (Å²) in [6, 6.07) is 18.3. The molecular formula is C21H19NO. The summed E-state index contributed by atoms with van der Waals surface area (Å²) in [6.45, 7) is 6.49. The number of benzene rings is 3. The first-order valence-corrected chi connectivity index (χ1v) is 7.92. The normalized spacial score (nSPS) is 12.3. The van der Waals surface area contributed by atoms with Crippen molar-refractivity contribution in [2.24, 2.45) is 0 Å². The van der Waals surface area contributed by atoms with E-state index in [-0.39, 0.29) is 10.8 Å². The third kappa shape index (κ3) is 2.22. The van der Waals surface area contributed by atoms with E-state index in [1.54, 1.807) is 0 Å². The zero-order valence-corrected chi connectivity index (χ0v) is 13.6. The van der Waals surface area contributed by atoms with Crippen LogP contribution in [0.15, 0.2) is 59.4 Å². The molecule has 114 valence electrons. The van der Waals surface area contributed by atoms with Gasteiger partial charge in [-0.15, -0.1) is 0 Å². The Morgan fingerprint density at radius 3 is 2.13 bits per heavy atom. The van der Waals surface area contributed by atoms with E-state index < -0.39 is 0 Å². The second-order valence-corrected chi connectivity index (χ2v) is 7.21. The smallest absolute Gasteiger partial charge is 0.197 e. The molecule has 0 saturated heterocycles. The molecule has 4 aromatic rings. The molecule has 0 fully saturated rings. The maximum absolute atomic E-state index is 13.0. The van der Waals surface area contributed by atoms with Crippen LogP contribution in [0.4, 0.5) is 0 Å². The third-order valence-electron chi connectivity index (χ3n) is 4.53. The van der Waals surface area contributed by atoms with Crippen molar-refractivity contribution < 1.29 is 0 Å². The van der Waals surface area contributed by atoms with Crippen molar-refractivity contribution in [3.05, 3.63) is 70.4 Å². The molecule has 0 saturated carbocycles. The van der Waals surface area contributed by atoms with Gasteiger partial charge in [-0.1, -0.05) is 51.1 Å². The monoisotopic (exact) mass is 301 g/mol. The van der Waals surface area contributed by atoms with E-state index in [0.29, 0.717) is 0 Å². The molecule has 3 aromatic carbocycles. The summed E-state index contributed by atoms with van der Waals surface area (Å²) in [4.78, 5) is 16.4. The van der Waals surface area contributed by atoms with Gasteiger partial charge < -0.3 is 4.98 Å². The fourth-order valence-electron chi connectivity index (χ4n) is 3.13. The van der Waals surface area contributed by atoms with Gasteiger partial charge in [-0.3, -0.25) is 4.79 Å². The highest BCUT2D eigenvalue weighted by molar-refractivity contribution is 6.00. The molecule has 0 aliphatic rings. The SMILES string of the molecule is CC(C)(C)c1ccc2[nH]c3cc4ccccc4cc3c(=O)c2c1. The number of nitrogens with one attached hydrogen (secondary N) is 1. The Kier molecular flexibility index (Phi) is 2.86. The lowest BCUT2D eigenvalue weighted by Gasteiger charge is -2.19. The molecule has 2 heteroatoms. The Bertz CT molecular complexity index is 1110. The second-order valence-electron chi connectivity index (χ2n) is 7.21. The van der Waals surface area contributed by atoms with Crippen LogP contribution in [0.2, 0.25) is 0 Å². The van der Waals surface area contributed by atoms with Crippen molar-refractivity contribution in [2.75, 3.05) is 0 Å². The summed E-state index contributed by atoms with van der Waals surface area (Å²) in [5.41, 5.74) is 3.09. The van der Waals surface area contributed by atoms with E-state index in [9.17, 15) is 4.79 Å². The van der Waals surface area contributed by atoms with Crippen molar-refractivity contribution in [1.29, 1.82) is 0 Å². The molecule has 0 spiro atoms. The summed E-state index contributed by atoms with van der Waals surface area (Å²) < 4.78 is 0. The van der Waals surface area contributed by atoms with E-state index in [1.807, 2.05) is 36.4 Å². The van der Waals surface area contributed by atoms with E-state index >= 15 is 0 Å². The lowest BCUT2D eigenvalue weighted by molar-refractivity contribution is 0.591. The highest BCUT2D eigenvalue weighted by Crippen LogP contribution is 2.26. The first-order chi connectivity index (χ1) is 10.9. The molecule has 1 heterocycles. The van der Waals surface area contributed by atoms with Crippen LogP contribution >= 0.6 is 0 Å². The van der Waals surface area contributed by atoms with Gasteiger partial charge in [0.15, 0.2) is 5.43 Å². The third-order valence-corrected chi connectivity index (χ3v) is 4.53. The van der Waals surface area contributed by atoms with E-state index in [2.05, 4.69) is 44.0 Å². The molecule has 0 aliphatic heterocycles. The van der Waals surface area contributed by atoms with Gasteiger partial charge in [0.05, 0.1) is 5.52 Å². The lowest BCUT2D eigenvalue weighted by Crippen LogP contribution is -2.12. The minimum atomic E-state index is 0.0268. The Morgan fingerprint density at radius 1 is 0.783 bits per heavy atom. The number of pyridine rings is 1. The van der Waals surface area contributed by atoms with Crippen LogP contribution in [0.25, 0.3) is 32.6 Å². The van der Waals surface area contributed by atoms with Crippen LogP contribution in [-0.4, -0.2) is 4.98 Å². The molecule has 0 atom stereocenters. The number of fused-ring (bicyclic) bond motifs is 3. The average molecular weight is 301 g/mol. The standard InChI is InChI=1S/C21H19NO/c1-21(2,3)15-8-9-18-17(12-15)20(23)16-10-13-6-4-5-7-14(13)11-19(16)22-18/h4-12H,1-3H3,(H,22,23). The van der Waals surface area contributed by atoms with Crippen LogP contribution in [-0.2, 0) is 5.41 Å². The number of H-pyrrole nitrogens is 1. The van der Waals surface area contributed by atoms with Crippen LogP contribution < -0.4 is 5.43 Å². The maximum Gasteiger partial charge on any atom is 0.197 e. The minimum absolute atomic E-state index is 0.0268. The molecular weight excluding hydrogens is 282 g/mol.